The molecule has 6 heteroatoms. The normalized spacial score (nSPS) is 12.1. The summed E-state index contributed by atoms with van der Waals surface area (Å²) < 4.78 is 4.98. The van der Waals surface area contributed by atoms with Gasteiger partial charge in [-0.3, -0.25) is 4.79 Å². The van der Waals surface area contributed by atoms with E-state index in [1.807, 2.05) is 0 Å². The van der Waals surface area contributed by atoms with E-state index in [1.165, 1.54) is 7.11 Å². The summed E-state index contributed by atoms with van der Waals surface area (Å²) in [6.07, 6.45) is 2.78. The molecule has 82 valence electrons. The molecule has 1 heterocycles. The maximum atomic E-state index is 10.4. The molecule has 0 saturated heterocycles. The van der Waals surface area contributed by atoms with Crippen LogP contribution in [-0.4, -0.2) is 40.8 Å². The molecule has 0 saturated carbocycles. The molecule has 0 amide bonds. The number of anilines is 1. The largest absolute Gasteiger partial charge is 0.481 e. The summed E-state index contributed by atoms with van der Waals surface area (Å²) in [6, 6.07) is 1.70. The van der Waals surface area contributed by atoms with E-state index in [9.17, 15) is 4.79 Å². The van der Waals surface area contributed by atoms with E-state index < -0.39 is 5.97 Å². The van der Waals surface area contributed by atoms with Crippen LogP contribution in [0.25, 0.3) is 0 Å². The minimum Gasteiger partial charge on any atom is -0.481 e. The number of nitrogens with zero attached hydrogens (tertiary/aromatic N) is 2. The Bertz CT molecular complexity index is 305. The molecular formula is C9H13N3O3. The van der Waals surface area contributed by atoms with E-state index in [1.54, 1.807) is 18.5 Å². The van der Waals surface area contributed by atoms with Crippen molar-refractivity contribution in [3.8, 4) is 0 Å². The number of ether oxygens (including phenoxy) is 1. The van der Waals surface area contributed by atoms with E-state index >= 15 is 0 Å². The van der Waals surface area contributed by atoms with Gasteiger partial charge in [0.2, 0.25) is 5.95 Å². The minimum atomic E-state index is -0.891. The van der Waals surface area contributed by atoms with Gasteiger partial charge in [0, 0.05) is 26.0 Å². The number of nitrogens with one attached hydrogen (secondary N) is 1. The first-order valence-electron chi connectivity index (χ1n) is 4.48. The number of hydrogen-bond donors (Lipinski definition) is 2. The van der Waals surface area contributed by atoms with Crippen LogP contribution >= 0.6 is 0 Å². The molecule has 6 nitrogen and oxygen atoms in total. The summed E-state index contributed by atoms with van der Waals surface area (Å²) in [7, 11) is 1.47. The molecule has 1 unspecified atom stereocenters. The highest BCUT2D eigenvalue weighted by atomic mass is 16.5. The first kappa shape index (κ1) is 11.4. The van der Waals surface area contributed by atoms with E-state index in [4.69, 9.17) is 9.84 Å². The fourth-order valence-corrected chi connectivity index (χ4v) is 1.03. The van der Waals surface area contributed by atoms with Gasteiger partial charge in [0.1, 0.15) is 0 Å². The van der Waals surface area contributed by atoms with Crippen LogP contribution in [0.5, 0.6) is 0 Å². The topological polar surface area (TPSA) is 84.3 Å². The van der Waals surface area contributed by atoms with Gasteiger partial charge in [-0.05, 0) is 6.07 Å². The van der Waals surface area contributed by atoms with E-state index in [-0.39, 0.29) is 12.5 Å². The van der Waals surface area contributed by atoms with Gasteiger partial charge < -0.3 is 15.2 Å². The second-order valence-corrected chi connectivity index (χ2v) is 2.91. The molecule has 1 rings (SSSR count). The van der Waals surface area contributed by atoms with Crippen LogP contribution < -0.4 is 5.32 Å². The van der Waals surface area contributed by atoms with Crippen molar-refractivity contribution in [2.24, 2.45) is 0 Å². The van der Waals surface area contributed by atoms with Crippen molar-refractivity contribution in [2.45, 2.75) is 12.5 Å². The third-order valence-corrected chi connectivity index (χ3v) is 1.79. The maximum absolute atomic E-state index is 10.4. The van der Waals surface area contributed by atoms with E-state index in [0.29, 0.717) is 12.5 Å². The Morgan fingerprint density at radius 1 is 1.60 bits per heavy atom. The lowest BCUT2D eigenvalue weighted by atomic mass is 10.2. The second-order valence-electron chi connectivity index (χ2n) is 2.91. The summed E-state index contributed by atoms with van der Waals surface area (Å²) >= 11 is 0. The Balaban J connectivity index is 2.37. The van der Waals surface area contributed by atoms with Gasteiger partial charge in [-0.2, -0.15) is 0 Å². The molecule has 1 aromatic heterocycles. The molecule has 0 aliphatic heterocycles. The molecule has 0 fully saturated rings. The highest BCUT2D eigenvalue weighted by Crippen LogP contribution is 2.00. The van der Waals surface area contributed by atoms with Crippen molar-refractivity contribution >= 4 is 11.9 Å². The average molecular weight is 211 g/mol. The first-order chi connectivity index (χ1) is 7.22. The summed E-state index contributed by atoms with van der Waals surface area (Å²) in [5, 5.41) is 11.5. The van der Waals surface area contributed by atoms with Crippen LogP contribution in [0, 0.1) is 0 Å². The van der Waals surface area contributed by atoms with Gasteiger partial charge in [0.05, 0.1) is 12.5 Å². The highest BCUT2D eigenvalue weighted by molar-refractivity contribution is 5.67. The van der Waals surface area contributed by atoms with Crippen molar-refractivity contribution in [3.63, 3.8) is 0 Å². The van der Waals surface area contributed by atoms with Crippen molar-refractivity contribution in [3.05, 3.63) is 18.5 Å². The number of hydrogen-bond acceptors (Lipinski definition) is 5. The SMILES string of the molecule is COC(CNc1ncccn1)CC(=O)O. The Kier molecular flexibility index (Phi) is 4.49. The van der Waals surface area contributed by atoms with Gasteiger partial charge in [0.25, 0.3) is 0 Å². The third-order valence-electron chi connectivity index (χ3n) is 1.79. The number of aromatic nitrogens is 2. The number of carboxylic acid groups (broad SMARTS) is 1. The highest BCUT2D eigenvalue weighted by Gasteiger charge is 2.11. The third kappa shape index (κ3) is 4.37. The molecule has 0 bridgehead atoms. The zero-order valence-corrected chi connectivity index (χ0v) is 8.38. The quantitative estimate of drug-likeness (QED) is 0.707. The summed E-state index contributed by atoms with van der Waals surface area (Å²) in [6.45, 7) is 0.368. The lowest BCUT2D eigenvalue weighted by molar-refractivity contribution is -0.139. The van der Waals surface area contributed by atoms with Crippen LogP contribution in [0.2, 0.25) is 0 Å². The van der Waals surface area contributed by atoms with E-state index in [2.05, 4.69) is 15.3 Å². The van der Waals surface area contributed by atoms with E-state index in [0.717, 1.165) is 0 Å². The summed E-state index contributed by atoms with van der Waals surface area (Å²) in [4.78, 5) is 18.3. The molecule has 0 aliphatic carbocycles. The lowest BCUT2D eigenvalue weighted by Gasteiger charge is -2.13. The standard InChI is InChI=1S/C9H13N3O3/c1-15-7(5-8(13)14)6-12-9-10-3-2-4-11-9/h2-4,7H,5-6H2,1H3,(H,13,14)(H,10,11,12). The molecule has 2 N–H and O–H groups in total. The Morgan fingerprint density at radius 3 is 2.80 bits per heavy atom. The monoisotopic (exact) mass is 211 g/mol. The average Bonchev–Trinajstić information content (AvgIpc) is 2.25. The number of methoxy groups -OCH3 is 1. The number of carboxylic acids is 1. The predicted octanol–water partition coefficient (Wildman–Crippen LogP) is 0.378. The van der Waals surface area contributed by atoms with Gasteiger partial charge >= 0.3 is 5.97 Å². The molecule has 0 radical (unpaired) electrons. The molecule has 0 aliphatic rings. The van der Waals surface area contributed by atoms with Crippen LogP contribution in [0.3, 0.4) is 0 Å². The summed E-state index contributed by atoms with van der Waals surface area (Å²) in [5.74, 6) is -0.428. The van der Waals surface area contributed by atoms with Crippen molar-refractivity contribution < 1.29 is 14.6 Å². The summed E-state index contributed by atoms with van der Waals surface area (Å²) in [5.41, 5.74) is 0. The van der Waals surface area contributed by atoms with Crippen molar-refractivity contribution in [1.29, 1.82) is 0 Å². The van der Waals surface area contributed by atoms with Gasteiger partial charge in [0.15, 0.2) is 0 Å². The van der Waals surface area contributed by atoms with Crippen LogP contribution in [0.1, 0.15) is 6.42 Å². The van der Waals surface area contributed by atoms with Crippen molar-refractivity contribution in [1.82, 2.24) is 9.97 Å². The predicted molar refractivity (Wildman–Crippen MR) is 53.6 cm³/mol. The van der Waals surface area contributed by atoms with Crippen LogP contribution in [0.15, 0.2) is 18.5 Å². The Hall–Kier alpha value is -1.69. The smallest absolute Gasteiger partial charge is 0.306 e. The van der Waals surface area contributed by atoms with Crippen LogP contribution in [0.4, 0.5) is 5.95 Å². The molecule has 0 aromatic carbocycles. The zero-order chi connectivity index (χ0) is 11.1. The fraction of sp³-hybridized carbons (Fsp3) is 0.444. The second kappa shape index (κ2) is 5.92. The lowest BCUT2D eigenvalue weighted by Crippen LogP contribution is -2.25. The molecule has 1 atom stereocenters. The molecule has 0 spiro atoms. The van der Waals surface area contributed by atoms with Crippen molar-refractivity contribution in [2.75, 3.05) is 19.0 Å². The molecule has 1 aromatic rings. The van der Waals surface area contributed by atoms with Gasteiger partial charge in [-0.25, -0.2) is 9.97 Å². The number of rotatable bonds is 6. The molecular weight excluding hydrogens is 198 g/mol. The maximum Gasteiger partial charge on any atom is 0.306 e. The fourth-order valence-electron chi connectivity index (χ4n) is 1.03. The van der Waals surface area contributed by atoms with Gasteiger partial charge in [-0.15, -0.1) is 0 Å². The Labute approximate surface area is 87.3 Å². The zero-order valence-electron chi connectivity index (χ0n) is 8.38. The first-order valence-corrected chi connectivity index (χ1v) is 4.48. The number of aliphatic carboxylic acids is 1. The van der Waals surface area contributed by atoms with Gasteiger partial charge in [-0.1, -0.05) is 0 Å². The minimum absolute atomic E-state index is 0.0453. The number of carbonyl (C=O) groups is 1. The van der Waals surface area contributed by atoms with Crippen LogP contribution in [-0.2, 0) is 9.53 Å². The Morgan fingerprint density at radius 2 is 2.27 bits per heavy atom. The molecule has 15 heavy (non-hydrogen) atoms.